The molecular formula is C18H39IN4O2S. The van der Waals surface area contributed by atoms with Gasteiger partial charge in [0.05, 0.1) is 6.54 Å². The van der Waals surface area contributed by atoms with Gasteiger partial charge in [0.15, 0.2) is 5.96 Å². The van der Waals surface area contributed by atoms with Crippen LogP contribution in [0.5, 0.6) is 0 Å². The largest absolute Gasteiger partial charge is 0.385 e. The smallest absolute Gasteiger partial charge is 0.191 e. The molecule has 156 valence electrons. The van der Waals surface area contributed by atoms with E-state index in [1.165, 1.54) is 0 Å². The second kappa shape index (κ2) is 16.2. The number of halogens is 1. The lowest BCUT2D eigenvalue weighted by Crippen LogP contribution is -2.43. The molecule has 1 heterocycles. The van der Waals surface area contributed by atoms with E-state index < -0.39 is 0 Å². The Morgan fingerprint density at radius 2 is 1.96 bits per heavy atom. The lowest BCUT2D eigenvalue weighted by Gasteiger charge is -2.35. The van der Waals surface area contributed by atoms with Crippen LogP contribution in [-0.2, 0) is 9.47 Å². The summed E-state index contributed by atoms with van der Waals surface area (Å²) in [6, 6.07) is 0. The van der Waals surface area contributed by atoms with Crippen LogP contribution in [0.15, 0.2) is 4.99 Å². The van der Waals surface area contributed by atoms with Gasteiger partial charge in [0.2, 0.25) is 0 Å². The van der Waals surface area contributed by atoms with Gasteiger partial charge in [-0.1, -0.05) is 6.92 Å². The maximum absolute atomic E-state index is 5.55. The zero-order valence-electron chi connectivity index (χ0n) is 17.0. The summed E-state index contributed by atoms with van der Waals surface area (Å²) in [6.07, 6.45) is 3.26. The summed E-state index contributed by atoms with van der Waals surface area (Å²) in [7, 11) is 3.90. The van der Waals surface area contributed by atoms with Gasteiger partial charge in [0.1, 0.15) is 0 Å². The fraction of sp³-hybridized carbons (Fsp3) is 0.944. The summed E-state index contributed by atoms with van der Waals surface area (Å²) in [6.45, 7) is 11.6. The molecule has 0 aromatic carbocycles. The Morgan fingerprint density at radius 3 is 2.58 bits per heavy atom. The number of thioether (sulfide) groups is 1. The zero-order chi connectivity index (χ0) is 18.4. The van der Waals surface area contributed by atoms with Crippen LogP contribution < -0.4 is 10.6 Å². The molecule has 0 atom stereocenters. The predicted octanol–water partition coefficient (Wildman–Crippen LogP) is 2.43. The van der Waals surface area contributed by atoms with Crippen molar-refractivity contribution in [3.05, 3.63) is 0 Å². The molecule has 1 fully saturated rings. The van der Waals surface area contributed by atoms with E-state index in [0.717, 1.165) is 83.5 Å². The lowest BCUT2D eigenvalue weighted by atomic mass is 9.99. The van der Waals surface area contributed by atoms with Gasteiger partial charge in [0.25, 0.3) is 0 Å². The third kappa shape index (κ3) is 11.2. The molecule has 1 aliphatic heterocycles. The Kier molecular flexibility index (Phi) is 16.4. The molecule has 0 bridgehead atoms. The van der Waals surface area contributed by atoms with Gasteiger partial charge in [-0.05, 0) is 39.0 Å². The molecule has 1 saturated heterocycles. The van der Waals surface area contributed by atoms with Gasteiger partial charge in [-0.25, -0.2) is 0 Å². The number of ether oxygens (including phenoxy) is 2. The molecule has 26 heavy (non-hydrogen) atoms. The Labute approximate surface area is 181 Å². The molecule has 0 radical (unpaired) electrons. The predicted molar refractivity (Wildman–Crippen MR) is 124 cm³/mol. The zero-order valence-corrected chi connectivity index (χ0v) is 20.2. The molecule has 1 aliphatic rings. The van der Waals surface area contributed by atoms with Crippen molar-refractivity contribution in [1.82, 2.24) is 15.5 Å². The molecule has 0 unspecified atom stereocenters. The van der Waals surface area contributed by atoms with E-state index in [1.54, 1.807) is 7.11 Å². The molecule has 0 amide bonds. The molecule has 6 nitrogen and oxygen atoms in total. The van der Waals surface area contributed by atoms with Crippen LogP contribution in [0, 0.1) is 0 Å². The van der Waals surface area contributed by atoms with Gasteiger partial charge in [-0.2, -0.15) is 11.8 Å². The maximum atomic E-state index is 5.55. The summed E-state index contributed by atoms with van der Waals surface area (Å²) in [4.78, 5) is 7.20. The molecule has 0 saturated carbocycles. The molecular weight excluding hydrogens is 463 g/mol. The number of likely N-dealkylation sites (N-methyl/N-ethyl adjacent to an activating group) is 1. The van der Waals surface area contributed by atoms with Crippen molar-refractivity contribution in [3.63, 3.8) is 0 Å². The van der Waals surface area contributed by atoms with Crippen molar-refractivity contribution in [2.45, 2.75) is 37.9 Å². The van der Waals surface area contributed by atoms with Crippen molar-refractivity contribution >= 4 is 41.7 Å². The van der Waals surface area contributed by atoms with Crippen molar-refractivity contribution in [3.8, 4) is 0 Å². The minimum atomic E-state index is 0. The van der Waals surface area contributed by atoms with Crippen LogP contribution in [-0.4, -0.2) is 88.1 Å². The molecule has 0 spiro atoms. The van der Waals surface area contributed by atoms with E-state index in [1.807, 2.05) is 11.8 Å². The van der Waals surface area contributed by atoms with Crippen LogP contribution in [0.3, 0.4) is 0 Å². The molecule has 0 aromatic heterocycles. The van der Waals surface area contributed by atoms with Crippen LogP contribution in [0.1, 0.15) is 33.1 Å². The van der Waals surface area contributed by atoms with Crippen LogP contribution >= 0.6 is 35.7 Å². The number of methoxy groups -OCH3 is 1. The topological polar surface area (TPSA) is 58.1 Å². The van der Waals surface area contributed by atoms with E-state index in [-0.39, 0.29) is 28.7 Å². The quantitative estimate of drug-likeness (QED) is 0.185. The van der Waals surface area contributed by atoms with Gasteiger partial charge in [-0.3, -0.25) is 4.99 Å². The monoisotopic (exact) mass is 502 g/mol. The third-order valence-electron chi connectivity index (χ3n) is 4.40. The number of hydrogen-bond donors (Lipinski definition) is 2. The van der Waals surface area contributed by atoms with Gasteiger partial charge in [-0.15, -0.1) is 24.0 Å². The molecule has 1 rings (SSSR count). The minimum Gasteiger partial charge on any atom is -0.385 e. The van der Waals surface area contributed by atoms with E-state index >= 15 is 0 Å². The number of nitrogens with zero attached hydrogens (tertiary/aromatic N) is 2. The van der Waals surface area contributed by atoms with Gasteiger partial charge >= 0.3 is 0 Å². The highest BCUT2D eigenvalue weighted by Crippen LogP contribution is 2.35. The first-order chi connectivity index (χ1) is 12.2. The fourth-order valence-electron chi connectivity index (χ4n) is 2.92. The van der Waals surface area contributed by atoms with Crippen molar-refractivity contribution in [1.29, 1.82) is 0 Å². The lowest BCUT2D eigenvalue weighted by molar-refractivity contribution is 0.0793. The van der Waals surface area contributed by atoms with Crippen LogP contribution in [0.2, 0.25) is 0 Å². The van der Waals surface area contributed by atoms with Crippen molar-refractivity contribution in [2.75, 3.05) is 72.5 Å². The van der Waals surface area contributed by atoms with Crippen LogP contribution in [0.4, 0.5) is 0 Å². The van der Waals surface area contributed by atoms with E-state index in [0.29, 0.717) is 0 Å². The average Bonchev–Trinajstić information content (AvgIpc) is 2.61. The second-order valence-corrected chi connectivity index (χ2v) is 8.23. The van der Waals surface area contributed by atoms with Crippen molar-refractivity contribution in [2.24, 2.45) is 4.99 Å². The first-order valence-corrected chi connectivity index (χ1v) is 10.6. The number of hydrogen-bond acceptors (Lipinski definition) is 5. The summed E-state index contributed by atoms with van der Waals surface area (Å²) in [5, 5.41) is 6.83. The van der Waals surface area contributed by atoms with Gasteiger partial charge in [0, 0.05) is 57.9 Å². The summed E-state index contributed by atoms with van der Waals surface area (Å²) >= 11 is 2.04. The first kappa shape index (κ1) is 26.2. The Hall–Kier alpha value is 0.230. The first-order valence-electron chi connectivity index (χ1n) is 9.57. The van der Waals surface area contributed by atoms with E-state index in [9.17, 15) is 0 Å². The standard InChI is InChI=1S/C18H38N4O2S.HI/c1-5-19-17(20-10-12-22(3)11-7-13-23-4)21-16-18(25-6-2)8-14-24-15-9-18;/h5-16H2,1-4H3,(H2,19,20,21);1H. The normalized spacial score (nSPS) is 17.0. The number of aliphatic imine (C=N–C) groups is 1. The summed E-state index contributed by atoms with van der Waals surface area (Å²) < 4.78 is 10.9. The molecule has 2 N–H and O–H groups in total. The number of rotatable bonds is 12. The van der Waals surface area contributed by atoms with Crippen LogP contribution in [0.25, 0.3) is 0 Å². The molecule has 0 aromatic rings. The Morgan fingerprint density at radius 1 is 1.23 bits per heavy atom. The summed E-state index contributed by atoms with van der Waals surface area (Å²) in [5.41, 5.74) is 0. The second-order valence-electron chi connectivity index (χ2n) is 6.50. The van der Waals surface area contributed by atoms with Gasteiger partial charge < -0.3 is 25.0 Å². The Balaban J connectivity index is 0.00000625. The Bertz CT molecular complexity index is 364. The minimum absolute atomic E-state index is 0. The average molecular weight is 503 g/mol. The van der Waals surface area contributed by atoms with Crippen molar-refractivity contribution < 1.29 is 9.47 Å². The molecule has 8 heteroatoms. The fourth-order valence-corrected chi connectivity index (χ4v) is 4.14. The highest BCUT2D eigenvalue weighted by atomic mass is 127. The number of nitrogens with one attached hydrogen (secondary N) is 2. The third-order valence-corrected chi connectivity index (χ3v) is 5.84. The highest BCUT2D eigenvalue weighted by Gasteiger charge is 2.32. The summed E-state index contributed by atoms with van der Waals surface area (Å²) in [5.74, 6) is 2.06. The maximum Gasteiger partial charge on any atom is 0.191 e. The van der Waals surface area contributed by atoms with E-state index in [2.05, 4.69) is 36.4 Å². The number of guanidine groups is 1. The highest BCUT2D eigenvalue weighted by molar-refractivity contribution is 14.0. The van der Waals surface area contributed by atoms with E-state index in [4.69, 9.17) is 14.5 Å². The molecule has 0 aliphatic carbocycles. The SMILES string of the molecule is CCNC(=NCC1(SCC)CCOCC1)NCCN(C)CCCOC.I.